The van der Waals surface area contributed by atoms with Crippen LogP contribution in [0.5, 0.6) is 0 Å². The predicted octanol–water partition coefficient (Wildman–Crippen LogP) is 0.675. The van der Waals surface area contributed by atoms with Gasteiger partial charge in [-0.05, 0) is 32.3 Å². The molecule has 1 aliphatic rings. The highest BCUT2D eigenvalue weighted by molar-refractivity contribution is 7.88. The summed E-state index contributed by atoms with van der Waals surface area (Å²) in [6.07, 6.45) is 2.01. The van der Waals surface area contributed by atoms with E-state index >= 15 is 0 Å². The van der Waals surface area contributed by atoms with E-state index < -0.39 is 21.9 Å². The number of amides is 1. The molecule has 1 aromatic carbocycles. The van der Waals surface area contributed by atoms with Crippen LogP contribution in [0.4, 0.5) is 0 Å². The molecule has 0 radical (unpaired) electrons. The van der Waals surface area contributed by atoms with Crippen molar-refractivity contribution < 1.29 is 22.7 Å². The molecule has 1 saturated heterocycles. The quantitative estimate of drug-likeness (QED) is 0.343. The Morgan fingerprint density at radius 1 is 1.12 bits per heavy atom. The summed E-state index contributed by atoms with van der Waals surface area (Å²) in [4.78, 5) is 14.7. The Morgan fingerprint density at radius 2 is 1.75 bits per heavy atom. The van der Waals surface area contributed by atoms with E-state index in [4.69, 9.17) is 9.47 Å². The number of nitrogens with one attached hydrogen (secondary N) is 3. The molecule has 2 rings (SSSR count). The molecule has 1 heterocycles. The van der Waals surface area contributed by atoms with Gasteiger partial charge in [0, 0.05) is 45.9 Å². The number of carbonyl (C=O) groups excluding carboxylic acids is 1. The Kier molecular flexibility index (Phi) is 11.0. The van der Waals surface area contributed by atoms with Crippen LogP contribution in [-0.4, -0.2) is 83.2 Å². The average molecular weight is 471 g/mol. The molecule has 182 valence electrons. The molecule has 0 atom stereocenters. The monoisotopic (exact) mass is 470 g/mol. The van der Waals surface area contributed by atoms with Crippen molar-refractivity contribution in [1.29, 1.82) is 0 Å². The first-order valence-electron chi connectivity index (χ1n) is 11.2. The van der Waals surface area contributed by atoms with Gasteiger partial charge in [0.15, 0.2) is 6.29 Å². The van der Waals surface area contributed by atoms with Crippen molar-refractivity contribution in [3.05, 3.63) is 35.9 Å². The molecule has 0 aromatic heterocycles. The number of nitrogens with zero attached hydrogens (tertiary/aromatic N) is 1. The van der Waals surface area contributed by atoms with Crippen molar-refractivity contribution in [2.45, 2.75) is 45.1 Å². The lowest BCUT2D eigenvalue weighted by atomic mass is 9.88. The number of rotatable bonds is 14. The first kappa shape index (κ1) is 26.7. The van der Waals surface area contributed by atoms with Crippen LogP contribution < -0.4 is 15.4 Å². The Labute approximate surface area is 192 Å². The number of sulfonamides is 1. The van der Waals surface area contributed by atoms with Gasteiger partial charge in [-0.1, -0.05) is 30.3 Å². The molecule has 1 aliphatic heterocycles. The van der Waals surface area contributed by atoms with Gasteiger partial charge in [-0.25, -0.2) is 13.1 Å². The van der Waals surface area contributed by atoms with E-state index in [0.29, 0.717) is 32.6 Å². The topological polar surface area (TPSA) is 109 Å². The fraction of sp³-hybridized carbons (Fsp3) is 0.682. The first-order chi connectivity index (χ1) is 15.3. The van der Waals surface area contributed by atoms with Gasteiger partial charge in [0.05, 0.1) is 18.3 Å². The lowest BCUT2D eigenvalue weighted by molar-refractivity contribution is -0.134. The number of likely N-dealkylation sites (tertiary alicyclic amines) is 1. The van der Waals surface area contributed by atoms with Gasteiger partial charge >= 0.3 is 0 Å². The first-order valence-corrected chi connectivity index (χ1v) is 13.1. The summed E-state index contributed by atoms with van der Waals surface area (Å²) in [6, 6.07) is 10.2. The maximum atomic E-state index is 12.4. The molecule has 32 heavy (non-hydrogen) atoms. The minimum Gasteiger partial charge on any atom is -0.353 e. The third-order valence-electron chi connectivity index (χ3n) is 5.39. The van der Waals surface area contributed by atoms with Gasteiger partial charge < -0.3 is 20.1 Å². The van der Waals surface area contributed by atoms with Gasteiger partial charge in [0.2, 0.25) is 15.9 Å². The smallest absolute Gasteiger partial charge is 0.234 e. The molecule has 1 fully saturated rings. The van der Waals surface area contributed by atoms with Gasteiger partial charge in [0.25, 0.3) is 0 Å². The summed E-state index contributed by atoms with van der Waals surface area (Å²) in [7, 11) is -3.42. The fourth-order valence-electron chi connectivity index (χ4n) is 3.86. The molecular formula is C22H38N4O5S. The van der Waals surface area contributed by atoms with Gasteiger partial charge in [-0.15, -0.1) is 0 Å². The summed E-state index contributed by atoms with van der Waals surface area (Å²) in [5, 5.41) is 5.92. The number of benzene rings is 1. The summed E-state index contributed by atoms with van der Waals surface area (Å²) in [6.45, 7) is 7.90. The summed E-state index contributed by atoms with van der Waals surface area (Å²) < 4.78 is 37.7. The van der Waals surface area contributed by atoms with Crippen molar-refractivity contribution in [2.24, 2.45) is 0 Å². The molecule has 3 N–H and O–H groups in total. The van der Waals surface area contributed by atoms with Crippen LogP contribution in [0.2, 0.25) is 0 Å². The van der Waals surface area contributed by atoms with E-state index in [0.717, 1.165) is 25.9 Å². The molecular weight excluding hydrogens is 432 g/mol. The van der Waals surface area contributed by atoms with E-state index in [1.807, 2.05) is 32.0 Å². The van der Waals surface area contributed by atoms with E-state index in [-0.39, 0.29) is 19.0 Å². The summed E-state index contributed by atoms with van der Waals surface area (Å²) >= 11 is 0. The minimum absolute atomic E-state index is 0.103. The van der Waals surface area contributed by atoms with E-state index in [9.17, 15) is 13.2 Å². The Morgan fingerprint density at radius 3 is 2.31 bits per heavy atom. The van der Waals surface area contributed by atoms with Crippen molar-refractivity contribution in [2.75, 3.05) is 52.2 Å². The zero-order chi connectivity index (χ0) is 23.5. The highest BCUT2D eigenvalue weighted by atomic mass is 32.2. The molecule has 10 heteroatoms. The molecule has 0 bridgehead atoms. The Bertz CT molecular complexity index is 777. The maximum absolute atomic E-state index is 12.4. The number of ether oxygens (including phenoxy) is 2. The molecule has 0 unspecified atom stereocenters. The lowest BCUT2D eigenvalue weighted by Crippen LogP contribution is -2.60. The zero-order valence-electron chi connectivity index (χ0n) is 19.4. The minimum atomic E-state index is -3.42. The summed E-state index contributed by atoms with van der Waals surface area (Å²) in [5.74, 6) is -0.196. The zero-order valence-corrected chi connectivity index (χ0v) is 20.2. The van der Waals surface area contributed by atoms with E-state index in [1.165, 1.54) is 5.56 Å². The van der Waals surface area contributed by atoms with Crippen molar-refractivity contribution >= 4 is 15.9 Å². The standard InChI is InChI=1S/C22H38N4O5S/c1-4-30-21(31-5-2)16-23-15-20(27)24-18-22(25-32(3,28)29)11-13-26(14-12-22)17-19-9-7-6-8-10-19/h6-10,21,23,25H,4-5,11-18H2,1-3H3,(H,24,27). The molecule has 0 spiro atoms. The number of hydrogen-bond donors (Lipinski definition) is 3. The van der Waals surface area contributed by atoms with Crippen LogP contribution in [-0.2, 0) is 30.8 Å². The van der Waals surface area contributed by atoms with Gasteiger partial charge in [0.1, 0.15) is 0 Å². The third kappa shape index (κ3) is 9.93. The molecule has 0 saturated carbocycles. The third-order valence-corrected chi connectivity index (χ3v) is 6.19. The van der Waals surface area contributed by atoms with Crippen LogP contribution >= 0.6 is 0 Å². The number of piperidine rings is 1. The van der Waals surface area contributed by atoms with Gasteiger partial charge in [-0.2, -0.15) is 0 Å². The largest absolute Gasteiger partial charge is 0.353 e. The molecule has 9 nitrogen and oxygen atoms in total. The van der Waals surface area contributed by atoms with Crippen molar-refractivity contribution in [1.82, 2.24) is 20.3 Å². The SMILES string of the molecule is CCOC(CNCC(=O)NCC1(NS(C)(=O)=O)CCN(Cc2ccccc2)CC1)OCC. The Hall–Kier alpha value is -1.56. The van der Waals surface area contributed by atoms with Crippen LogP contribution in [0.25, 0.3) is 0 Å². The highest BCUT2D eigenvalue weighted by Crippen LogP contribution is 2.24. The van der Waals surface area contributed by atoms with Crippen molar-refractivity contribution in [3.63, 3.8) is 0 Å². The van der Waals surface area contributed by atoms with Crippen LogP contribution in [0.1, 0.15) is 32.3 Å². The summed E-state index contributed by atoms with van der Waals surface area (Å²) in [5.41, 5.74) is 0.545. The van der Waals surface area contributed by atoms with Crippen LogP contribution in [0.3, 0.4) is 0 Å². The van der Waals surface area contributed by atoms with Gasteiger partial charge in [-0.3, -0.25) is 9.69 Å². The fourth-order valence-corrected chi connectivity index (χ4v) is 4.92. The predicted molar refractivity (Wildman–Crippen MR) is 125 cm³/mol. The number of hydrogen-bond acceptors (Lipinski definition) is 7. The maximum Gasteiger partial charge on any atom is 0.234 e. The van der Waals surface area contributed by atoms with E-state index in [2.05, 4.69) is 32.4 Å². The lowest BCUT2D eigenvalue weighted by Gasteiger charge is -2.42. The average Bonchev–Trinajstić information content (AvgIpc) is 2.74. The van der Waals surface area contributed by atoms with E-state index in [1.54, 1.807) is 0 Å². The second-order valence-corrected chi connectivity index (χ2v) is 9.91. The number of carbonyl (C=O) groups is 1. The Balaban J connectivity index is 1.85. The molecule has 1 amide bonds. The highest BCUT2D eigenvalue weighted by Gasteiger charge is 2.37. The van der Waals surface area contributed by atoms with Crippen LogP contribution in [0.15, 0.2) is 30.3 Å². The second kappa shape index (κ2) is 13.2. The second-order valence-electron chi connectivity index (χ2n) is 8.16. The molecule has 0 aliphatic carbocycles. The molecule has 1 aromatic rings. The van der Waals surface area contributed by atoms with Crippen molar-refractivity contribution in [3.8, 4) is 0 Å². The normalized spacial score (nSPS) is 16.9. The van der Waals surface area contributed by atoms with Crippen LogP contribution in [0, 0.1) is 0 Å².